The van der Waals surface area contributed by atoms with Gasteiger partial charge in [-0.15, -0.1) is 0 Å². The Morgan fingerprint density at radius 2 is 1.75 bits per heavy atom. The van der Waals surface area contributed by atoms with Crippen LogP contribution in [0, 0.1) is 10.5 Å². The van der Waals surface area contributed by atoms with E-state index >= 15 is 0 Å². The maximum atomic E-state index is 12.2. The van der Waals surface area contributed by atoms with Crippen LogP contribution in [0.25, 0.3) is 0 Å². The van der Waals surface area contributed by atoms with Crippen LogP contribution in [-0.2, 0) is 9.59 Å². The second-order valence-electron chi connectivity index (χ2n) is 5.88. The van der Waals surface area contributed by atoms with Gasteiger partial charge < -0.3 is 15.1 Å². The number of benzene rings is 1. The minimum absolute atomic E-state index is 0.0115. The monoisotopic (exact) mass is 443 g/mol. The van der Waals surface area contributed by atoms with Gasteiger partial charge in [-0.2, -0.15) is 0 Å². The number of amides is 3. The highest BCUT2D eigenvalue weighted by Crippen LogP contribution is 2.14. The van der Waals surface area contributed by atoms with E-state index in [9.17, 15) is 14.4 Å². The third-order valence-corrected chi connectivity index (χ3v) is 5.01. The number of nitrogens with zero attached hydrogens (tertiary/aromatic N) is 2. The third kappa shape index (κ3) is 4.93. The first kappa shape index (κ1) is 18.7. The molecule has 1 fully saturated rings. The Hall–Kier alpha value is -1.64. The molecule has 0 spiro atoms. The van der Waals surface area contributed by atoms with E-state index in [0.29, 0.717) is 38.3 Å². The molecule has 0 aliphatic carbocycles. The Kier molecular flexibility index (Phi) is 6.59. The van der Waals surface area contributed by atoms with Crippen molar-refractivity contribution in [3.63, 3.8) is 0 Å². The van der Waals surface area contributed by atoms with Crippen molar-refractivity contribution in [1.82, 2.24) is 15.1 Å². The van der Waals surface area contributed by atoms with Gasteiger partial charge in [0.15, 0.2) is 0 Å². The molecule has 24 heavy (non-hydrogen) atoms. The first-order valence-electron chi connectivity index (χ1n) is 7.96. The number of rotatable bonds is 4. The molecule has 0 bridgehead atoms. The number of piperazine rings is 1. The van der Waals surface area contributed by atoms with Crippen LogP contribution in [-0.4, -0.2) is 60.2 Å². The molecule has 1 saturated heterocycles. The van der Waals surface area contributed by atoms with Crippen molar-refractivity contribution < 1.29 is 14.4 Å². The molecule has 0 atom stereocenters. The van der Waals surface area contributed by atoms with Crippen LogP contribution in [0.15, 0.2) is 18.2 Å². The van der Waals surface area contributed by atoms with E-state index in [1.165, 1.54) is 0 Å². The van der Waals surface area contributed by atoms with E-state index in [-0.39, 0.29) is 24.1 Å². The Bertz CT molecular complexity index is 640. The fraction of sp³-hybridized carbons (Fsp3) is 0.471. The number of aryl methyl sites for hydroxylation is 1. The van der Waals surface area contributed by atoms with Crippen LogP contribution in [0.5, 0.6) is 0 Å². The maximum Gasteiger partial charge on any atom is 0.252 e. The van der Waals surface area contributed by atoms with Crippen LogP contribution < -0.4 is 5.32 Å². The van der Waals surface area contributed by atoms with Crippen LogP contribution in [0.2, 0.25) is 0 Å². The average molecular weight is 443 g/mol. The molecular weight excluding hydrogens is 421 g/mol. The Morgan fingerprint density at radius 3 is 2.38 bits per heavy atom. The summed E-state index contributed by atoms with van der Waals surface area (Å²) in [6.07, 6.45) is 0.272. The van der Waals surface area contributed by atoms with Crippen LogP contribution in [0.3, 0.4) is 0 Å². The normalized spacial score (nSPS) is 14.5. The largest absolute Gasteiger partial charge is 0.351 e. The van der Waals surface area contributed by atoms with E-state index in [0.717, 1.165) is 9.13 Å². The van der Waals surface area contributed by atoms with Crippen molar-refractivity contribution >= 4 is 40.3 Å². The Balaban J connectivity index is 1.78. The van der Waals surface area contributed by atoms with Gasteiger partial charge in [0.1, 0.15) is 0 Å². The predicted octanol–water partition coefficient (Wildman–Crippen LogP) is 1.41. The summed E-state index contributed by atoms with van der Waals surface area (Å²) in [4.78, 5) is 39.2. The molecule has 2 rings (SSSR count). The Morgan fingerprint density at radius 1 is 1.12 bits per heavy atom. The summed E-state index contributed by atoms with van der Waals surface area (Å²) in [5.41, 5.74) is 1.66. The van der Waals surface area contributed by atoms with Gasteiger partial charge in [0, 0.05) is 49.6 Å². The van der Waals surface area contributed by atoms with Crippen molar-refractivity contribution in [2.75, 3.05) is 32.7 Å². The summed E-state index contributed by atoms with van der Waals surface area (Å²) in [6.45, 7) is 6.07. The van der Waals surface area contributed by atoms with Gasteiger partial charge in [-0.1, -0.05) is 11.6 Å². The standard InChI is InChI=1S/C17H22IN3O3/c1-12-3-4-15(18)14(11-12)17(24)19-6-5-16(23)21-9-7-20(8-10-21)13(2)22/h3-4,11H,5-10H2,1-2H3,(H,19,24). The predicted molar refractivity (Wildman–Crippen MR) is 99.7 cm³/mol. The highest BCUT2D eigenvalue weighted by Gasteiger charge is 2.22. The van der Waals surface area contributed by atoms with Gasteiger partial charge in [-0.3, -0.25) is 14.4 Å². The van der Waals surface area contributed by atoms with E-state index in [2.05, 4.69) is 27.9 Å². The minimum atomic E-state index is -0.155. The van der Waals surface area contributed by atoms with Gasteiger partial charge >= 0.3 is 0 Å². The minimum Gasteiger partial charge on any atom is -0.351 e. The SMILES string of the molecule is CC(=O)N1CCN(C(=O)CCNC(=O)c2cc(C)ccc2I)CC1. The lowest BCUT2D eigenvalue weighted by atomic mass is 10.1. The van der Waals surface area contributed by atoms with Gasteiger partial charge in [0.05, 0.1) is 5.56 Å². The molecule has 3 amide bonds. The van der Waals surface area contributed by atoms with Gasteiger partial charge in [0.25, 0.3) is 5.91 Å². The second kappa shape index (κ2) is 8.46. The first-order chi connectivity index (χ1) is 11.4. The zero-order valence-electron chi connectivity index (χ0n) is 14.0. The summed E-state index contributed by atoms with van der Waals surface area (Å²) in [5.74, 6) is -0.100. The smallest absolute Gasteiger partial charge is 0.252 e. The summed E-state index contributed by atoms with van der Waals surface area (Å²) < 4.78 is 0.891. The van der Waals surface area contributed by atoms with Crippen molar-refractivity contribution in [2.24, 2.45) is 0 Å². The summed E-state index contributed by atoms with van der Waals surface area (Å²) in [7, 11) is 0. The second-order valence-corrected chi connectivity index (χ2v) is 7.04. The Labute approximate surface area is 155 Å². The molecule has 1 aliphatic heterocycles. The van der Waals surface area contributed by atoms with Crippen LogP contribution in [0.4, 0.5) is 0 Å². The molecule has 0 unspecified atom stereocenters. The quantitative estimate of drug-likeness (QED) is 0.716. The highest BCUT2D eigenvalue weighted by atomic mass is 127. The fourth-order valence-electron chi connectivity index (χ4n) is 2.62. The average Bonchev–Trinajstić information content (AvgIpc) is 2.56. The topological polar surface area (TPSA) is 69.7 Å². The number of halogens is 1. The summed E-state index contributed by atoms with van der Waals surface area (Å²) in [6, 6.07) is 5.72. The number of hydrogen-bond acceptors (Lipinski definition) is 3. The number of carbonyl (C=O) groups excluding carboxylic acids is 3. The van der Waals surface area contributed by atoms with Crippen LogP contribution >= 0.6 is 22.6 Å². The van der Waals surface area contributed by atoms with Crippen molar-refractivity contribution in [3.8, 4) is 0 Å². The highest BCUT2D eigenvalue weighted by molar-refractivity contribution is 14.1. The van der Waals surface area contributed by atoms with Crippen LogP contribution in [0.1, 0.15) is 29.3 Å². The van der Waals surface area contributed by atoms with E-state index in [4.69, 9.17) is 0 Å². The molecule has 130 valence electrons. The lowest BCUT2D eigenvalue weighted by Gasteiger charge is -2.34. The molecule has 0 saturated carbocycles. The van der Waals surface area contributed by atoms with Gasteiger partial charge in [-0.25, -0.2) is 0 Å². The number of nitrogens with one attached hydrogen (secondary N) is 1. The van der Waals surface area contributed by atoms with E-state index in [1.807, 2.05) is 25.1 Å². The van der Waals surface area contributed by atoms with E-state index < -0.39 is 0 Å². The molecule has 7 heteroatoms. The molecule has 0 aromatic heterocycles. The molecule has 1 heterocycles. The summed E-state index contributed by atoms with van der Waals surface area (Å²) in [5, 5.41) is 2.81. The lowest BCUT2D eigenvalue weighted by Crippen LogP contribution is -2.50. The number of carbonyl (C=O) groups is 3. The van der Waals surface area contributed by atoms with Crippen molar-refractivity contribution in [3.05, 3.63) is 32.9 Å². The number of hydrogen-bond donors (Lipinski definition) is 1. The van der Waals surface area contributed by atoms with Gasteiger partial charge in [0.2, 0.25) is 11.8 Å². The summed E-state index contributed by atoms with van der Waals surface area (Å²) >= 11 is 2.13. The fourth-order valence-corrected chi connectivity index (χ4v) is 3.20. The first-order valence-corrected chi connectivity index (χ1v) is 9.04. The molecule has 1 aromatic carbocycles. The van der Waals surface area contributed by atoms with Gasteiger partial charge in [-0.05, 0) is 41.6 Å². The van der Waals surface area contributed by atoms with Crippen molar-refractivity contribution in [2.45, 2.75) is 20.3 Å². The zero-order valence-corrected chi connectivity index (χ0v) is 16.1. The van der Waals surface area contributed by atoms with E-state index in [1.54, 1.807) is 16.7 Å². The third-order valence-electron chi connectivity index (χ3n) is 4.07. The molecule has 1 N–H and O–H groups in total. The lowest BCUT2D eigenvalue weighted by molar-refractivity contribution is -0.138. The molecule has 1 aromatic rings. The molecular formula is C17H22IN3O3. The maximum absolute atomic E-state index is 12.2. The molecule has 1 aliphatic rings. The zero-order chi connectivity index (χ0) is 17.7. The molecule has 0 radical (unpaired) electrons. The van der Waals surface area contributed by atoms with Crippen molar-refractivity contribution in [1.29, 1.82) is 0 Å². The molecule has 6 nitrogen and oxygen atoms in total.